The number of nitrogens with one attached hydrogen (secondary N) is 1. The SMILES string of the molecule is CC/C=C/CC(=O)Nc1cccc2cccnc12. The fourth-order valence-corrected chi connectivity index (χ4v) is 1.76. The average molecular weight is 240 g/mol. The third-order valence-corrected chi connectivity index (χ3v) is 2.61. The van der Waals surface area contributed by atoms with Crippen LogP contribution in [0.15, 0.2) is 48.7 Å². The number of pyridine rings is 1. The number of amides is 1. The van der Waals surface area contributed by atoms with E-state index in [4.69, 9.17) is 0 Å². The summed E-state index contributed by atoms with van der Waals surface area (Å²) < 4.78 is 0. The molecular weight excluding hydrogens is 224 g/mol. The maximum atomic E-state index is 11.7. The number of anilines is 1. The zero-order valence-corrected chi connectivity index (χ0v) is 10.4. The normalized spacial score (nSPS) is 10.9. The van der Waals surface area contributed by atoms with Crippen LogP contribution >= 0.6 is 0 Å². The Morgan fingerprint density at radius 1 is 1.28 bits per heavy atom. The van der Waals surface area contributed by atoms with Crippen molar-refractivity contribution in [3.05, 3.63) is 48.7 Å². The smallest absolute Gasteiger partial charge is 0.228 e. The van der Waals surface area contributed by atoms with Gasteiger partial charge in [-0.25, -0.2) is 0 Å². The fraction of sp³-hybridized carbons (Fsp3) is 0.200. The van der Waals surface area contributed by atoms with Gasteiger partial charge in [0.15, 0.2) is 0 Å². The van der Waals surface area contributed by atoms with Gasteiger partial charge in [0.25, 0.3) is 0 Å². The highest BCUT2D eigenvalue weighted by Crippen LogP contribution is 2.20. The van der Waals surface area contributed by atoms with Gasteiger partial charge in [-0.2, -0.15) is 0 Å². The molecule has 1 N–H and O–H groups in total. The maximum Gasteiger partial charge on any atom is 0.228 e. The van der Waals surface area contributed by atoms with E-state index < -0.39 is 0 Å². The van der Waals surface area contributed by atoms with Gasteiger partial charge in [-0.05, 0) is 18.6 Å². The summed E-state index contributed by atoms with van der Waals surface area (Å²) in [6, 6.07) is 9.64. The van der Waals surface area contributed by atoms with Gasteiger partial charge in [0, 0.05) is 18.0 Å². The van der Waals surface area contributed by atoms with Crippen LogP contribution in [0.3, 0.4) is 0 Å². The second-order valence-electron chi connectivity index (χ2n) is 4.01. The summed E-state index contributed by atoms with van der Waals surface area (Å²) in [6.07, 6.45) is 6.95. The summed E-state index contributed by atoms with van der Waals surface area (Å²) in [6.45, 7) is 2.04. The Hall–Kier alpha value is -2.16. The molecule has 3 nitrogen and oxygen atoms in total. The van der Waals surface area contributed by atoms with Gasteiger partial charge in [-0.1, -0.05) is 37.3 Å². The monoisotopic (exact) mass is 240 g/mol. The first-order chi connectivity index (χ1) is 8.81. The quantitative estimate of drug-likeness (QED) is 0.831. The first-order valence-electron chi connectivity index (χ1n) is 6.10. The summed E-state index contributed by atoms with van der Waals surface area (Å²) in [5.41, 5.74) is 1.59. The fourth-order valence-electron chi connectivity index (χ4n) is 1.76. The van der Waals surface area contributed by atoms with Crippen molar-refractivity contribution in [2.75, 3.05) is 5.32 Å². The molecule has 0 radical (unpaired) electrons. The molecule has 0 aliphatic rings. The van der Waals surface area contributed by atoms with E-state index in [9.17, 15) is 4.79 Å². The Labute approximate surface area is 107 Å². The molecule has 3 heteroatoms. The third-order valence-electron chi connectivity index (χ3n) is 2.61. The highest BCUT2D eigenvalue weighted by molar-refractivity contribution is 6.00. The molecule has 0 saturated heterocycles. The number of rotatable bonds is 4. The maximum absolute atomic E-state index is 11.7. The number of benzene rings is 1. The lowest BCUT2D eigenvalue weighted by atomic mass is 10.2. The molecule has 0 atom stereocenters. The van der Waals surface area contributed by atoms with Crippen LogP contribution in [-0.2, 0) is 4.79 Å². The second-order valence-corrected chi connectivity index (χ2v) is 4.01. The van der Waals surface area contributed by atoms with Gasteiger partial charge in [-0.3, -0.25) is 9.78 Å². The molecule has 0 unspecified atom stereocenters. The Kier molecular flexibility index (Phi) is 4.07. The molecule has 1 heterocycles. The molecule has 2 rings (SSSR count). The summed E-state index contributed by atoms with van der Waals surface area (Å²) in [5.74, 6) is -0.0159. The number of hydrogen-bond acceptors (Lipinski definition) is 2. The van der Waals surface area contributed by atoms with Crippen molar-refractivity contribution in [1.82, 2.24) is 4.98 Å². The van der Waals surface area contributed by atoms with E-state index >= 15 is 0 Å². The number of carbonyl (C=O) groups is 1. The van der Waals surface area contributed by atoms with E-state index in [0.717, 1.165) is 23.0 Å². The van der Waals surface area contributed by atoms with E-state index in [-0.39, 0.29) is 5.91 Å². The van der Waals surface area contributed by atoms with E-state index in [0.29, 0.717) is 6.42 Å². The molecule has 18 heavy (non-hydrogen) atoms. The van der Waals surface area contributed by atoms with Gasteiger partial charge < -0.3 is 5.32 Å². The van der Waals surface area contributed by atoms with Crippen molar-refractivity contribution < 1.29 is 4.79 Å². The standard InChI is InChI=1S/C15H16N2O/c1-2-3-4-10-14(18)17-13-9-5-7-12-8-6-11-16-15(12)13/h3-9,11H,2,10H2,1H3,(H,17,18)/b4-3+. The van der Waals surface area contributed by atoms with Gasteiger partial charge in [0.05, 0.1) is 11.2 Å². The van der Waals surface area contributed by atoms with Crippen LogP contribution in [0, 0.1) is 0 Å². The lowest BCUT2D eigenvalue weighted by molar-refractivity contribution is -0.115. The van der Waals surface area contributed by atoms with Crippen LogP contribution < -0.4 is 5.32 Å². The van der Waals surface area contributed by atoms with Crippen LogP contribution in [0.4, 0.5) is 5.69 Å². The first kappa shape index (κ1) is 12.3. The number of fused-ring (bicyclic) bond motifs is 1. The molecule has 0 saturated carbocycles. The summed E-state index contributed by atoms with van der Waals surface area (Å²) in [4.78, 5) is 16.0. The van der Waals surface area contributed by atoms with Crippen molar-refractivity contribution in [2.45, 2.75) is 19.8 Å². The van der Waals surface area contributed by atoms with Crippen molar-refractivity contribution in [2.24, 2.45) is 0 Å². The van der Waals surface area contributed by atoms with Crippen LogP contribution in [0.2, 0.25) is 0 Å². The van der Waals surface area contributed by atoms with Crippen molar-refractivity contribution in [1.29, 1.82) is 0 Å². The highest BCUT2D eigenvalue weighted by Gasteiger charge is 2.04. The Bertz CT molecular complexity index is 570. The molecule has 1 aromatic heterocycles. The zero-order chi connectivity index (χ0) is 12.8. The van der Waals surface area contributed by atoms with Crippen molar-refractivity contribution in [3.8, 4) is 0 Å². The predicted octanol–water partition coefficient (Wildman–Crippen LogP) is 3.53. The molecule has 1 aromatic carbocycles. The topological polar surface area (TPSA) is 42.0 Å². The molecule has 92 valence electrons. The number of nitrogens with zero attached hydrogens (tertiary/aromatic N) is 1. The summed E-state index contributed by atoms with van der Waals surface area (Å²) in [7, 11) is 0. The van der Waals surface area contributed by atoms with E-state index in [1.165, 1.54) is 0 Å². The van der Waals surface area contributed by atoms with Gasteiger partial charge >= 0.3 is 0 Å². The Balaban J connectivity index is 2.16. The Morgan fingerprint density at radius 3 is 2.94 bits per heavy atom. The Morgan fingerprint density at radius 2 is 2.11 bits per heavy atom. The van der Waals surface area contributed by atoms with E-state index in [1.807, 2.05) is 49.4 Å². The number of allylic oxidation sites excluding steroid dienone is 1. The minimum absolute atomic E-state index is 0.0159. The lowest BCUT2D eigenvalue weighted by Gasteiger charge is -2.06. The molecule has 0 aliphatic heterocycles. The van der Waals surface area contributed by atoms with Gasteiger partial charge in [0.1, 0.15) is 0 Å². The van der Waals surface area contributed by atoms with Gasteiger partial charge in [-0.15, -0.1) is 0 Å². The largest absolute Gasteiger partial charge is 0.324 e. The van der Waals surface area contributed by atoms with E-state index in [1.54, 1.807) is 6.20 Å². The summed E-state index contributed by atoms with van der Waals surface area (Å²) >= 11 is 0. The van der Waals surface area contributed by atoms with Crippen LogP contribution in [0.25, 0.3) is 10.9 Å². The molecule has 2 aromatic rings. The number of para-hydroxylation sites is 1. The minimum atomic E-state index is -0.0159. The van der Waals surface area contributed by atoms with Gasteiger partial charge in [0.2, 0.25) is 5.91 Å². The second kappa shape index (κ2) is 5.96. The third kappa shape index (κ3) is 2.94. The molecular formula is C15H16N2O. The number of hydrogen-bond donors (Lipinski definition) is 1. The zero-order valence-electron chi connectivity index (χ0n) is 10.4. The predicted molar refractivity (Wildman–Crippen MR) is 74.4 cm³/mol. The molecule has 0 bridgehead atoms. The molecule has 1 amide bonds. The minimum Gasteiger partial charge on any atom is -0.324 e. The first-order valence-corrected chi connectivity index (χ1v) is 6.10. The molecule has 0 aliphatic carbocycles. The van der Waals surface area contributed by atoms with Crippen molar-refractivity contribution in [3.63, 3.8) is 0 Å². The van der Waals surface area contributed by atoms with Crippen molar-refractivity contribution >= 4 is 22.5 Å². The molecule has 0 fully saturated rings. The highest BCUT2D eigenvalue weighted by atomic mass is 16.1. The van der Waals surface area contributed by atoms with Crippen LogP contribution in [0.5, 0.6) is 0 Å². The number of carbonyl (C=O) groups excluding carboxylic acids is 1. The summed E-state index contributed by atoms with van der Waals surface area (Å²) in [5, 5.41) is 3.92. The van der Waals surface area contributed by atoms with Crippen LogP contribution in [-0.4, -0.2) is 10.9 Å². The average Bonchev–Trinajstić information content (AvgIpc) is 2.39. The lowest BCUT2D eigenvalue weighted by Crippen LogP contribution is -2.10. The molecule has 0 spiro atoms. The van der Waals surface area contributed by atoms with E-state index in [2.05, 4.69) is 10.3 Å². The number of aromatic nitrogens is 1. The van der Waals surface area contributed by atoms with Crippen LogP contribution in [0.1, 0.15) is 19.8 Å².